The normalized spacial score (nSPS) is 11.0. The molecule has 0 aliphatic heterocycles. The second kappa shape index (κ2) is 6.69. The molecule has 1 radical (unpaired) electrons. The highest BCUT2D eigenvalue weighted by Crippen LogP contribution is 2.27. The summed E-state index contributed by atoms with van der Waals surface area (Å²) >= 11 is 0. The molecule has 1 heterocycles. The van der Waals surface area contributed by atoms with Crippen molar-refractivity contribution in [3.05, 3.63) is 97.1 Å². The molecular weight excluding hydrogens is 327 g/mol. The van der Waals surface area contributed by atoms with E-state index in [0.29, 0.717) is 0 Å². The van der Waals surface area contributed by atoms with E-state index in [1.807, 2.05) is 48.5 Å². The van der Waals surface area contributed by atoms with Gasteiger partial charge in [-0.1, -0.05) is 95.9 Å². The Morgan fingerprint density at radius 1 is 0.519 bits per heavy atom. The van der Waals surface area contributed by atoms with E-state index in [1.165, 1.54) is 0 Å². The van der Waals surface area contributed by atoms with Gasteiger partial charge in [0.05, 0.1) is 22.1 Å². The standard InChI is InChI=1S/C24H16BN2/c1-3-9-17(10-4-1)19-15-16-20(25-18-11-5-2-6-12-18)24-23(19)26-21-13-7-8-14-22(21)27-24/h1-16H. The van der Waals surface area contributed by atoms with Gasteiger partial charge in [-0.3, -0.25) is 0 Å². The van der Waals surface area contributed by atoms with Crippen LogP contribution < -0.4 is 10.9 Å². The lowest BCUT2D eigenvalue weighted by atomic mass is 9.63. The quantitative estimate of drug-likeness (QED) is 0.364. The highest BCUT2D eigenvalue weighted by atomic mass is 14.8. The number of benzene rings is 4. The Kier molecular flexibility index (Phi) is 3.91. The number of fused-ring (bicyclic) bond motifs is 2. The number of rotatable bonds is 3. The van der Waals surface area contributed by atoms with Crippen molar-refractivity contribution in [2.75, 3.05) is 0 Å². The molecule has 1 aromatic heterocycles. The van der Waals surface area contributed by atoms with Gasteiger partial charge in [0.25, 0.3) is 0 Å². The molecule has 0 N–H and O–H groups in total. The van der Waals surface area contributed by atoms with Crippen molar-refractivity contribution in [1.29, 1.82) is 0 Å². The van der Waals surface area contributed by atoms with Crippen molar-refractivity contribution in [2.24, 2.45) is 0 Å². The highest BCUT2D eigenvalue weighted by molar-refractivity contribution is 6.69. The molecule has 0 fully saturated rings. The van der Waals surface area contributed by atoms with Gasteiger partial charge in [-0.15, -0.1) is 0 Å². The Morgan fingerprint density at radius 3 is 1.81 bits per heavy atom. The lowest BCUT2D eigenvalue weighted by Crippen LogP contribution is -2.28. The second-order valence-electron chi connectivity index (χ2n) is 6.53. The fourth-order valence-corrected chi connectivity index (χ4v) is 3.42. The fourth-order valence-electron chi connectivity index (χ4n) is 3.42. The maximum absolute atomic E-state index is 4.97. The first kappa shape index (κ1) is 15.8. The Labute approximate surface area is 158 Å². The van der Waals surface area contributed by atoms with Crippen LogP contribution in [-0.2, 0) is 0 Å². The molecule has 0 saturated heterocycles. The van der Waals surface area contributed by atoms with Gasteiger partial charge < -0.3 is 0 Å². The Bertz CT molecular complexity index is 1230. The van der Waals surface area contributed by atoms with Crippen LogP contribution in [0.2, 0.25) is 0 Å². The van der Waals surface area contributed by atoms with Crippen LogP contribution in [0, 0.1) is 0 Å². The van der Waals surface area contributed by atoms with Crippen LogP contribution in [0.15, 0.2) is 97.1 Å². The molecular formula is C24H16BN2. The third-order valence-electron chi connectivity index (χ3n) is 4.74. The lowest BCUT2D eigenvalue weighted by Gasteiger charge is -2.11. The zero-order chi connectivity index (χ0) is 18.1. The predicted molar refractivity (Wildman–Crippen MR) is 114 cm³/mol. The minimum Gasteiger partial charge on any atom is -0.245 e. The van der Waals surface area contributed by atoms with Crippen LogP contribution in [0.5, 0.6) is 0 Å². The summed E-state index contributed by atoms with van der Waals surface area (Å²) in [6.07, 6.45) is 0. The van der Waals surface area contributed by atoms with Gasteiger partial charge in [-0.2, -0.15) is 0 Å². The van der Waals surface area contributed by atoms with Crippen molar-refractivity contribution >= 4 is 40.3 Å². The monoisotopic (exact) mass is 343 g/mol. The molecule has 0 atom stereocenters. The molecule has 5 aromatic rings. The van der Waals surface area contributed by atoms with E-state index in [9.17, 15) is 0 Å². The lowest BCUT2D eigenvalue weighted by molar-refractivity contribution is 1.40. The van der Waals surface area contributed by atoms with Crippen LogP contribution in [0.3, 0.4) is 0 Å². The maximum Gasteiger partial charge on any atom is 0.194 e. The van der Waals surface area contributed by atoms with E-state index in [2.05, 4.69) is 55.8 Å². The van der Waals surface area contributed by atoms with Crippen LogP contribution in [0.1, 0.15) is 0 Å². The number of nitrogens with zero attached hydrogens (tertiary/aromatic N) is 2. The van der Waals surface area contributed by atoms with Crippen molar-refractivity contribution in [3.63, 3.8) is 0 Å². The smallest absolute Gasteiger partial charge is 0.194 e. The summed E-state index contributed by atoms with van der Waals surface area (Å²) < 4.78 is 0. The third-order valence-corrected chi connectivity index (χ3v) is 4.74. The van der Waals surface area contributed by atoms with Gasteiger partial charge >= 0.3 is 0 Å². The molecule has 0 saturated carbocycles. The summed E-state index contributed by atoms with van der Waals surface area (Å²) in [5.74, 6) is 0. The van der Waals surface area contributed by atoms with Gasteiger partial charge in [0, 0.05) is 5.56 Å². The molecule has 0 amide bonds. The first-order chi connectivity index (χ1) is 13.4. The first-order valence-corrected chi connectivity index (χ1v) is 9.03. The third kappa shape index (κ3) is 2.98. The zero-order valence-corrected chi connectivity index (χ0v) is 14.7. The van der Waals surface area contributed by atoms with Crippen molar-refractivity contribution in [2.45, 2.75) is 0 Å². The highest BCUT2D eigenvalue weighted by Gasteiger charge is 2.13. The summed E-state index contributed by atoms with van der Waals surface area (Å²) in [6.45, 7) is 0. The van der Waals surface area contributed by atoms with E-state index in [4.69, 9.17) is 9.97 Å². The average Bonchev–Trinajstić information content (AvgIpc) is 2.74. The largest absolute Gasteiger partial charge is 0.245 e. The van der Waals surface area contributed by atoms with Crippen molar-refractivity contribution < 1.29 is 0 Å². The Morgan fingerprint density at radius 2 is 1.11 bits per heavy atom. The van der Waals surface area contributed by atoms with E-state index in [0.717, 1.165) is 44.1 Å². The molecule has 4 aromatic carbocycles. The minimum atomic E-state index is 0.915. The number of aromatic nitrogens is 2. The minimum absolute atomic E-state index is 0.915. The van der Waals surface area contributed by atoms with E-state index in [-0.39, 0.29) is 0 Å². The van der Waals surface area contributed by atoms with Crippen LogP contribution >= 0.6 is 0 Å². The SMILES string of the molecule is [B](c1ccccc1)c1ccc(-c2ccccc2)c2nc3ccccc3nc12. The van der Waals surface area contributed by atoms with Gasteiger partial charge in [-0.05, 0) is 17.7 Å². The van der Waals surface area contributed by atoms with E-state index < -0.39 is 0 Å². The van der Waals surface area contributed by atoms with E-state index >= 15 is 0 Å². The molecule has 125 valence electrons. The van der Waals surface area contributed by atoms with Crippen LogP contribution in [-0.4, -0.2) is 17.2 Å². The molecule has 0 bridgehead atoms. The van der Waals surface area contributed by atoms with Gasteiger partial charge in [-0.25, -0.2) is 9.97 Å². The number of hydrogen-bond acceptors (Lipinski definition) is 2. The van der Waals surface area contributed by atoms with Crippen LogP contribution in [0.4, 0.5) is 0 Å². The molecule has 27 heavy (non-hydrogen) atoms. The topological polar surface area (TPSA) is 25.8 Å². The summed E-state index contributed by atoms with van der Waals surface area (Å²) in [7, 11) is 2.17. The van der Waals surface area contributed by atoms with Gasteiger partial charge in [0.15, 0.2) is 7.28 Å². The summed E-state index contributed by atoms with van der Waals surface area (Å²) in [5.41, 5.74) is 8.18. The van der Waals surface area contributed by atoms with E-state index in [1.54, 1.807) is 0 Å². The average molecular weight is 343 g/mol. The van der Waals surface area contributed by atoms with Gasteiger partial charge in [0.2, 0.25) is 0 Å². The first-order valence-electron chi connectivity index (χ1n) is 9.03. The summed E-state index contributed by atoms with van der Waals surface area (Å²) in [4.78, 5) is 9.94. The molecule has 0 aliphatic rings. The van der Waals surface area contributed by atoms with Crippen molar-refractivity contribution in [1.82, 2.24) is 9.97 Å². The molecule has 5 rings (SSSR count). The number of hydrogen-bond donors (Lipinski definition) is 0. The fraction of sp³-hybridized carbons (Fsp3) is 0. The van der Waals surface area contributed by atoms with Gasteiger partial charge in [0.1, 0.15) is 0 Å². The molecule has 0 aliphatic carbocycles. The van der Waals surface area contributed by atoms with Crippen LogP contribution in [0.25, 0.3) is 33.2 Å². The molecule has 2 nitrogen and oxygen atoms in total. The Balaban J connectivity index is 1.78. The predicted octanol–water partition coefficient (Wildman–Crippen LogP) is 4.11. The summed E-state index contributed by atoms with van der Waals surface area (Å²) in [5, 5.41) is 0. The number of para-hydroxylation sites is 2. The second-order valence-corrected chi connectivity index (χ2v) is 6.53. The molecule has 3 heteroatoms. The molecule has 0 spiro atoms. The summed E-state index contributed by atoms with van der Waals surface area (Å²) in [6, 6.07) is 33.0. The zero-order valence-electron chi connectivity index (χ0n) is 14.7. The molecule has 0 unspecified atom stereocenters. The maximum atomic E-state index is 4.97. The Hall–Kier alpha value is -3.46. The van der Waals surface area contributed by atoms with Crippen molar-refractivity contribution in [3.8, 4) is 11.1 Å².